The number of rotatable bonds is 1. The minimum Gasteiger partial charge on any atom is -0.466 e. The Hall–Kier alpha value is -0.100. The topological polar surface area (TPSA) is 26.3 Å². The highest BCUT2D eigenvalue weighted by Gasteiger charge is 1.81. The molecule has 0 aromatic heterocycles. The predicted molar refractivity (Wildman–Crippen MR) is 33.4 cm³/mol. The summed E-state index contributed by atoms with van der Waals surface area (Å²) in [4.78, 5) is 9.82. The molecule has 3 heteroatoms. The lowest BCUT2D eigenvalue weighted by molar-refractivity contribution is -0.140. The van der Waals surface area contributed by atoms with Crippen molar-refractivity contribution in [2.24, 2.45) is 0 Å². The minimum absolute atomic E-state index is 0. The van der Waals surface area contributed by atoms with Gasteiger partial charge in [-0.1, -0.05) is 0 Å². The van der Waals surface area contributed by atoms with E-state index in [-0.39, 0.29) is 15.9 Å². The van der Waals surface area contributed by atoms with Crippen molar-refractivity contribution < 1.29 is 9.53 Å². The number of carbonyl (C=O) groups is 1. The summed E-state index contributed by atoms with van der Waals surface area (Å²) >= 11 is 0. The van der Waals surface area contributed by atoms with Gasteiger partial charge >= 0.3 is 5.97 Å². The molecule has 0 saturated carbocycles. The van der Waals surface area contributed by atoms with E-state index in [1.54, 1.807) is 6.92 Å². The van der Waals surface area contributed by atoms with Crippen molar-refractivity contribution in [1.29, 1.82) is 0 Å². The molecule has 0 rings (SSSR count). The fraction of sp³-hybridized carbons (Fsp3) is 0.750. The lowest BCUT2D eigenvalue weighted by Gasteiger charge is -1.89. The third-order valence-corrected chi connectivity index (χ3v) is 0.348. The van der Waals surface area contributed by atoms with E-state index in [1.807, 2.05) is 0 Å². The Labute approximate surface area is 46.9 Å². The number of esters is 1. The lowest BCUT2D eigenvalue weighted by Crippen LogP contribution is -1.95. The SMILES string of the molecule is CCOC(C)=O.P. The smallest absolute Gasteiger partial charge is 0.302 e. The van der Waals surface area contributed by atoms with Crippen LogP contribution in [-0.2, 0) is 9.53 Å². The first-order valence-electron chi connectivity index (χ1n) is 1.90. The van der Waals surface area contributed by atoms with Gasteiger partial charge in [-0.3, -0.25) is 4.79 Å². The van der Waals surface area contributed by atoms with Crippen LogP contribution in [0, 0.1) is 0 Å². The molecular formula is C4H11O2P. The van der Waals surface area contributed by atoms with Crippen molar-refractivity contribution >= 4 is 15.9 Å². The van der Waals surface area contributed by atoms with Crippen LogP contribution in [0.1, 0.15) is 13.8 Å². The van der Waals surface area contributed by atoms with Crippen molar-refractivity contribution in [3.63, 3.8) is 0 Å². The second-order valence-corrected chi connectivity index (χ2v) is 0.925. The van der Waals surface area contributed by atoms with Gasteiger partial charge in [0.2, 0.25) is 0 Å². The maximum absolute atomic E-state index is 9.82. The molecule has 0 radical (unpaired) electrons. The highest BCUT2D eigenvalue weighted by molar-refractivity contribution is 6.92. The molecule has 0 aliphatic carbocycles. The minimum atomic E-state index is -0.211. The summed E-state index contributed by atoms with van der Waals surface area (Å²) in [5, 5.41) is 0. The zero-order chi connectivity index (χ0) is 4.99. The van der Waals surface area contributed by atoms with E-state index in [0.717, 1.165) is 0 Å². The third kappa shape index (κ3) is 10.7. The van der Waals surface area contributed by atoms with Gasteiger partial charge in [-0.2, -0.15) is 9.90 Å². The standard InChI is InChI=1S/C4H8O2.H3P/c1-3-6-4(2)5;/h3H2,1-2H3;1H3. The van der Waals surface area contributed by atoms with Crippen LogP contribution < -0.4 is 0 Å². The molecule has 0 fully saturated rings. The van der Waals surface area contributed by atoms with E-state index in [4.69, 9.17) is 0 Å². The van der Waals surface area contributed by atoms with Crippen LogP contribution in [0.3, 0.4) is 0 Å². The van der Waals surface area contributed by atoms with Crippen LogP contribution in [0.5, 0.6) is 0 Å². The molecule has 0 aliphatic heterocycles. The number of ether oxygens (including phenoxy) is 1. The van der Waals surface area contributed by atoms with Crippen molar-refractivity contribution in [1.82, 2.24) is 0 Å². The van der Waals surface area contributed by atoms with Crippen LogP contribution in [0.25, 0.3) is 0 Å². The molecule has 0 heterocycles. The Balaban J connectivity index is 0. The Kier molecular flexibility index (Phi) is 8.43. The van der Waals surface area contributed by atoms with Gasteiger partial charge in [0, 0.05) is 6.92 Å². The Morgan fingerprint density at radius 2 is 2.14 bits per heavy atom. The largest absolute Gasteiger partial charge is 0.466 e. The van der Waals surface area contributed by atoms with Crippen LogP contribution in [0.4, 0.5) is 0 Å². The summed E-state index contributed by atoms with van der Waals surface area (Å²) in [6.45, 7) is 3.65. The van der Waals surface area contributed by atoms with Gasteiger partial charge in [0.05, 0.1) is 6.61 Å². The summed E-state index contributed by atoms with van der Waals surface area (Å²) in [5.74, 6) is -0.211. The van der Waals surface area contributed by atoms with Gasteiger partial charge < -0.3 is 4.74 Å². The Morgan fingerprint density at radius 3 is 2.14 bits per heavy atom. The van der Waals surface area contributed by atoms with Crippen molar-refractivity contribution in [2.75, 3.05) is 6.61 Å². The number of carbonyl (C=O) groups excluding carboxylic acids is 1. The molecule has 0 saturated heterocycles. The quantitative estimate of drug-likeness (QED) is 0.376. The highest BCUT2D eigenvalue weighted by Crippen LogP contribution is 1.69. The summed E-state index contributed by atoms with van der Waals surface area (Å²) in [6.07, 6.45) is 0. The predicted octanol–water partition coefficient (Wildman–Crippen LogP) is 0.627. The van der Waals surface area contributed by atoms with Gasteiger partial charge in [0.25, 0.3) is 0 Å². The maximum atomic E-state index is 9.82. The molecule has 0 aromatic carbocycles. The second kappa shape index (κ2) is 5.90. The molecule has 0 amide bonds. The summed E-state index contributed by atoms with van der Waals surface area (Å²) < 4.78 is 4.40. The van der Waals surface area contributed by atoms with Gasteiger partial charge in [-0.05, 0) is 6.92 Å². The number of hydrogen-bond acceptors (Lipinski definition) is 2. The molecule has 7 heavy (non-hydrogen) atoms. The van der Waals surface area contributed by atoms with Crippen LogP contribution in [0.2, 0.25) is 0 Å². The fourth-order valence-electron chi connectivity index (χ4n) is 0.203. The summed E-state index contributed by atoms with van der Waals surface area (Å²) in [6, 6.07) is 0. The van der Waals surface area contributed by atoms with Gasteiger partial charge in [0.15, 0.2) is 0 Å². The molecule has 44 valence electrons. The van der Waals surface area contributed by atoms with E-state index in [9.17, 15) is 4.79 Å². The van der Waals surface area contributed by atoms with E-state index < -0.39 is 0 Å². The molecule has 0 spiro atoms. The average molecular weight is 122 g/mol. The van der Waals surface area contributed by atoms with Crippen LogP contribution in [-0.4, -0.2) is 12.6 Å². The molecular weight excluding hydrogens is 111 g/mol. The molecule has 0 N–H and O–H groups in total. The molecule has 1 unspecified atom stereocenters. The normalized spacial score (nSPS) is 6.57. The summed E-state index contributed by atoms with van der Waals surface area (Å²) in [7, 11) is 0. The van der Waals surface area contributed by atoms with Crippen LogP contribution in [0.15, 0.2) is 0 Å². The molecule has 2 nitrogen and oxygen atoms in total. The van der Waals surface area contributed by atoms with Gasteiger partial charge in [-0.25, -0.2) is 0 Å². The Bertz CT molecular complexity index is 53.7. The van der Waals surface area contributed by atoms with Crippen molar-refractivity contribution in [3.05, 3.63) is 0 Å². The molecule has 0 bridgehead atoms. The van der Waals surface area contributed by atoms with E-state index in [2.05, 4.69) is 4.74 Å². The third-order valence-electron chi connectivity index (χ3n) is 0.348. The first-order chi connectivity index (χ1) is 2.77. The monoisotopic (exact) mass is 122 g/mol. The van der Waals surface area contributed by atoms with E-state index in [0.29, 0.717) is 6.61 Å². The van der Waals surface area contributed by atoms with E-state index in [1.165, 1.54) is 6.92 Å². The first-order valence-corrected chi connectivity index (χ1v) is 1.90. The first kappa shape index (κ1) is 10.0. The lowest BCUT2D eigenvalue weighted by atomic mass is 10.8. The zero-order valence-electron chi connectivity index (χ0n) is 4.73. The Morgan fingerprint density at radius 1 is 1.71 bits per heavy atom. The van der Waals surface area contributed by atoms with Gasteiger partial charge in [0.1, 0.15) is 0 Å². The maximum Gasteiger partial charge on any atom is 0.302 e. The average Bonchev–Trinajstić information content (AvgIpc) is 1.35. The molecule has 0 aromatic rings. The van der Waals surface area contributed by atoms with Gasteiger partial charge in [-0.15, -0.1) is 0 Å². The fourth-order valence-corrected chi connectivity index (χ4v) is 0.203. The molecule has 1 atom stereocenters. The second-order valence-electron chi connectivity index (χ2n) is 0.925. The highest BCUT2D eigenvalue weighted by atomic mass is 31.0. The summed E-state index contributed by atoms with van der Waals surface area (Å²) in [5.41, 5.74) is 0. The number of hydrogen-bond donors (Lipinski definition) is 0. The van der Waals surface area contributed by atoms with Crippen molar-refractivity contribution in [2.45, 2.75) is 13.8 Å². The van der Waals surface area contributed by atoms with E-state index >= 15 is 0 Å². The van der Waals surface area contributed by atoms with Crippen molar-refractivity contribution in [3.8, 4) is 0 Å². The zero-order valence-corrected chi connectivity index (χ0v) is 6.14. The molecule has 0 aliphatic rings. The van der Waals surface area contributed by atoms with Crippen LogP contribution >= 0.6 is 9.90 Å².